The van der Waals surface area contributed by atoms with Crippen LogP contribution in [-0.4, -0.2) is 55.9 Å². The summed E-state index contributed by atoms with van der Waals surface area (Å²) in [7, 11) is 1.75. The number of methoxy groups -OCH3 is 1. The molecule has 0 aliphatic carbocycles. The summed E-state index contributed by atoms with van der Waals surface area (Å²) in [4.78, 5) is 4.70. The zero-order chi connectivity index (χ0) is 16.3. The van der Waals surface area contributed by atoms with E-state index in [9.17, 15) is 5.11 Å². The van der Waals surface area contributed by atoms with Gasteiger partial charge in [-0.2, -0.15) is 0 Å². The van der Waals surface area contributed by atoms with E-state index in [0.29, 0.717) is 0 Å². The first-order valence-electron chi connectivity index (χ1n) is 8.15. The third-order valence-corrected chi connectivity index (χ3v) is 4.28. The first-order valence-corrected chi connectivity index (χ1v) is 8.15. The molecule has 22 heavy (non-hydrogen) atoms. The number of rotatable bonds is 4. The van der Waals surface area contributed by atoms with Gasteiger partial charge >= 0.3 is 0 Å². The van der Waals surface area contributed by atoms with Crippen molar-refractivity contribution in [1.29, 1.82) is 0 Å². The van der Waals surface area contributed by atoms with Gasteiger partial charge in [0.2, 0.25) is 0 Å². The summed E-state index contributed by atoms with van der Waals surface area (Å²) in [6, 6.07) is 6.56. The highest BCUT2D eigenvalue weighted by Crippen LogP contribution is 2.34. The number of anilines is 1. The lowest BCUT2D eigenvalue weighted by Crippen LogP contribution is -2.48. The molecule has 1 aliphatic rings. The van der Waals surface area contributed by atoms with E-state index in [1.54, 1.807) is 7.11 Å². The number of aliphatic hydroxyl groups excluding tert-OH is 1. The van der Waals surface area contributed by atoms with E-state index in [1.165, 1.54) is 11.3 Å². The second kappa shape index (κ2) is 6.88. The first-order chi connectivity index (χ1) is 10.3. The molecule has 1 heterocycles. The van der Waals surface area contributed by atoms with E-state index < -0.39 is 0 Å². The molecule has 4 nitrogen and oxygen atoms in total. The molecule has 0 radical (unpaired) electrons. The lowest BCUT2D eigenvalue weighted by atomic mass is 9.87. The fraction of sp³-hybridized carbons (Fsp3) is 0.667. The highest BCUT2D eigenvalue weighted by molar-refractivity contribution is 5.60. The summed E-state index contributed by atoms with van der Waals surface area (Å²) in [5.74, 6) is 0.955. The van der Waals surface area contributed by atoms with Crippen molar-refractivity contribution in [3.8, 4) is 5.75 Å². The quantitative estimate of drug-likeness (QED) is 0.927. The zero-order valence-corrected chi connectivity index (χ0v) is 14.6. The number of benzene rings is 1. The molecule has 1 saturated heterocycles. The Morgan fingerprint density at radius 1 is 1.18 bits per heavy atom. The van der Waals surface area contributed by atoms with Crippen LogP contribution in [-0.2, 0) is 5.41 Å². The minimum absolute atomic E-state index is 0.127. The molecule has 1 unspecified atom stereocenters. The summed E-state index contributed by atoms with van der Waals surface area (Å²) in [5.41, 5.74) is 2.59. The average Bonchev–Trinajstić information content (AvgIpc) is 2.46. The number of hydrogen-bond acceptors (Lipinski definition) is 4. The summed E-state index contributed by atoms with van der Waals surface area (Å²) < 4.78 is 5.63. The Bertz CT molecular complexity index is 486. The molecular weight excluding hydrogens is 276 g/mol. The van der Waals surface area contributed by atoms with Crippen molar-refractivity contribution < 1.29 is 9.84 Å². The Morgan fingerprint density at radius 2 is 1.82 bits per heavy atom. The molecule has 124 valence electrons. The number of piperazine rings is 1. The van der Waals surface area contributed by atoms with Gasteiger partial charge in [0.25, 0.3) is 0 Å². The van der Waals surface area contributed by atoms with Gasteiger partial charge in [0.05, 0.1) is 18.9 Å². The minimum atomic E-state index is -0.257. The SMILES string of the molecule is COc1cc(C(C)(C)C)ccc1N1CCN(CC(C)O)CC1. The molecule has 1 aromatic rings. The maximum atomic E-state index is 9.50. The van der Waals surface area contributed by atoms with Crippen molar-refractivity contribution in [2.75, 3.05) is 44.7 Å². The van der Waals surface area contributed by atoms with Crippen LogP contribution in [0.1, 0.15) is 33.3 Å². The Morgan fingerprint density at radius 3 is 2.32 bits per heavy atom. The van der Waals surface area contributed by atoms with Crippen LogP contribution < -0.4 is 9.64 Å². The van der Waals surface area contributed by atoms with Gasteiger partial charge in [-0.25, -0.2) is 0 Å². The summed E-state index contributed by atoms with van der Waals surface area (Å²) in [6.45, 7) is 13.2. The van der Waals surface area contributed by atoms with Crippen molar-refractivity contribution >= 4 is 5.69 Å². The number of β-amino-alcohol motifs (C(OH)–C–C–N with tert-alkyl or cyclic N) is 1. The monoisotopic (exact) mass is 306 g/mol. The standard InChI is InChI=1S/C18H30N2O2/c1-14(21)13-19-8-10-20(11-9-19)16-7-6-15(18(2,3)4)12-17(16)22-5/h6-7,12,14,21H,8-11,13H2,1-5H3. The van der Waals surface area contributed by atoms with Gasteiger partial charge in [-0.1, -0.05) is 26.8 Å². The topological polar surface area (TPSA) is 35.9 Å². The van der Waals surface area contributed by atoms with E-state index in [2.05, 4.69) is 48.8 Å². The van der Waals surface area contributed by atoms with Crippen molar-refractivity contribution in [1.82, 2.24) is 4.90 Å². The van der Waals surface area contributed by atoms with Gasteiger partial charge in [0, 0.05) is 32.7 Å². The van der Waals surface area contributed by atoms with E-state index in [-0.39, 0.29) is 11.5 Å². The zero-order valence-electron chi connectivity index (χ0n) is 14.6. The lowest BCUT2D eigenvalue weighted by molar-refractivity contribution is 0.122. The molecule has 1 aliphatic heterocycles. The van der Waals surface area contributed by atoms with E-state index in [1.807, 2.05) is 6.92 Å². The van der Waals surface area contributed by atoms with E-state index >= 15 is 0 Å². The van der Waals surface area contributed by atoms with Crippen LogP contribution in [0.3, 0.4) is 0 Å². The molecule has 0 amide bonds. The minimum Gasteiger partial charge on any atom is -0.495 e. The van der Waals surface area contributed by atoms with Crippen molar-refractivity contribution in [3.63, 3.8) is 0 Å². The molecule has 4 heteroatoms. The van der Waals surface area contributed by atoms with Crippen LogP contribution in [0.5, 0.6) is 5.75 Å². The number of nitrogens with zero attached hydrogens (tertiary/aromatic N) is 2. The predicted octanol–water partition coefficient (Wildman–Crippen LogP) is 2.50. The largest absolute Gasteiger partial charge is 0.495 e. The molecular formula is C18H30N2O2. The highest BCUT2D eigenvalue weighted by atomic mass is 16.5. The smallest absolute Gasteiger partial charge is 0.142 e. The maximum Gasteiger partial charge on any atom is 0.142 e. The Kier molecular flexibility index (Phi) is 5.35. The van der Waals surface area contributed by atoms with E-state index in [4.69, 9.17) is 4.74 Å². The summed E-state index contributed by atoms with van der Waals surface area (Å²) in [6.07, 6.45) is -0.257. The molecule has 1 aromatic carbocycles. The first kappa shape index (κ1) is 17.1. The van der Waals surface area contributed by atoms with Crippen LogP contribution >= 0.6 is 0 Å². The molecule has 1 N–H and O–H groups in total. The van der Waals surface area contributed by atoms with Crippen LogP contribution in [0.4, 0.5) is 5.69 Å². The van der Waals surface area contributed by atoms with Gasteiger partial charge in [-0.3, -0.25) is 4.90 Å². The van der Waals surface area contributed by atoms with Gasteiger partial charge in [-0.05, 0) is 30.0 Å². The fourth-order valence-corrected chi connectivity index (χ4v) is 2.95. The molecule has 0 aromatic heterocycles. The summed E-state index contributed by atoms with van der Waals surface area (Å²) in [5, 5.41) is 9.50. The van der Waals surface area contributed by atoms with Crippen LogP contribution in [0.25, 0.3) is 0 Å². The van der Waals surface area contributed by atoms with Gasteiger partial charge in [0.1, 0.15) is 5.75 Å². The maximum absolute atomic E-state index is 9.50. The van der Waals surface area contributed by atoms with Crippen LogP contribution in [0.15, 0.2) is 18.2 Å². The second-order valence-corrected chi connectivity index (χ2v) is 7.27. The predicted molar refractivity (Wildman–Crippen MR) is 92.0 cm³/mol. The molecule has 1 fully saturated rings. The van der Waals surface area contributed by atoms with Gasteiger partial charge in [0.15, 0.2) is 0 Å². The Balaban J connectivity index is 2.10. The molecule has 1 atom stereocenters. The summed E-state index contributed by atoms with van der Waals surface area (Å²) >= 11 is 0. The number of hydrogen-bond donors (Lipinski definition) is 1. The molecule has 0 bridgehead atoms. The molecule has 0 spiro atoms. The third kappa shape index (κ3) is 4.14. The second-order valence-electron chi connectivity index (χ2n) is 7.27. The van der Waals surface area contributed by atoms with Crippen molar-refractivity contribution in [3.05, 3.63) is 23.8 Å². The normalized spacial score (nSPS) is 18.4. The highest BCUT2D eigenvalue weighted by Gasteiger charge is 2.22. The van der Waals surface area contributed by atoms with Crippen molar-refractivity contribution in [2.24, 2.45) is 0 Å². The number of ether oxygens (including phenoxy) is 1. The number of aliphatic hydroxyl groups is 1. The average molecular weight is 306 g/mol. The van der Waals surface area contributed by atoms with Crippen LogP contribution in [0.2, 0.25) is 0 Å². The molecule has 0 saturated carbocycles. The lowest BCUT2D eigenvalue weighted by Gasteiger charge is -2.37. The van der Waals surface area contributed by atoms with E-state index in [0.717, 1.165) is 38.5 Å². The van der Waals surface area contributed by atoms with Gasteiger partial charge in [-0.15, -0.1) is 0 Å². The Hall–Kier alpha value is -1.26. The molecule has 2 rings (SSSR count). The fourth-order valence-electron chi connectivity index (χ4n) is 2.95. The van der Waals surface area contributed by atoms with Gasteiger partial charge < -0.3 is 14.7 Å². The third-order valence-electron chi connectivity index (χ3n) is 4.28. The van der Waals surface area contributed by atoms with Crippen LogP contribution in [0, 0.1) is 0 Å². The Labute approximate surface area is 134 Å². The van der Waals surface area contributed by atoms with Crippen molar-refractivity contribution in [2.45, 2.75) is 39.2 Å².